The summed E-state index contributed by atoms with van der Waals surface area (Å²) in [7, 11) is -3.51. The number of alkyl halides is 1. The molecule has 1 aromatic rings. The standard InChI is InChI=1S/C15H21Cl2NO2S/c1-3-4-7-18(14-5-6-14)21(19,20)15-9-13(17)8-12(10-16)11(15)2/h8-9,14H,3-7,10H2,1-2H3. The molecule has 1 aliphatic rings. The minimum atomic E-state index is -3.51. The fourth-order valence-corrected chi connectivity index (χ4v) is 5.02. The van der Waals surface area contributed by atoms with Crippen LogP contribution in [0.3, 0.4) is 0 Å². The Hall–Kier alpha value is -0.290. The lowest BCUT2D eigenvalue weighted by molar-refractivity contribution is 0.395. The second kappa shape index (κ2) is 6.86. The van der Waals surface area contributed by atoms with Gasteiger partial charge in [-0.2, -0.15) is 4.31 Å². The first-order valence-corrected chi connectivity index (χ1v) is 9.64. The van der Waals surface area contributed by atoms with Crippen LogP contribution in [-0.2, 0) is 15.9 Å². The van der Waals surface area contributed by atoms with Gasteiger partial charge in [0.15, 0.2) is 0 Å². The van der Waals surface area contributed by atoms with Crippen LogP contribution in [0.15, 0.2) is 17.0 Å². The lowest BCUT2D eigenvalue weighted by Crippen LogP contribution is -2.34. The Kier molecular flexibility index (Phi) is 5.58. The van der Waals surface area contributed by atoms with Crippen LogP contribution in [0, 0.1) is 6.92 Å². The highest BCUT2D eigenvalue weighted by Gasteiger charge is 2.38. The van der Waals surface area contributed by atoms with Crippen LogP contribution >= 0.6 is 23.2 Å². The molecule has 6 heteroatoms. The van der Waals surface area contributed by atoms with Crippen LogP contribution in [0.2, 0.25) is 5.02 Å². The van der Waals surface area contributed by atoms with Crippen LogP contribution in [-0.4, -0.2) is 25.3 Å². The summed E-state index contributed by atoms with van der Waals surface area (Å²) in [6.07, 6.45) is 3.74. The molecule has 0 N–H and O–H groups in total. The van der Waals surface area contributed by atoms with Gasteiger partial charge >= 0.3 is 0 Å². The number of halogens is 2. The van der Waals surface area contributed by atoms with Crippen molar-refractivity contribution >= 4 is 33.2 Å². The van der Waals surface area contributed by atoms with Gasteiger partial charge in [-0.05, 0) is 49.4 Å². The second-order valence-electron chi connectivity index (χ2n) is 5.52. The van der Waals surface area contributed by atoms with Gasteiger partial charge in [0, 0.05) is 23.5 Å². The Bertz CT molecular complexity index is 612. The third-order valence-corrected chi connectivity index (χ3v) is 6.43. The van der Waals surface area contributed by atoms with Gasteiger partial charge in [0.1, 0.15) is 0 Å². The lowest BCUT2D eigenvalue weighted by Gasteiger charge is -2.23. The van der Waals surface area contributed by atoms with E-state index in [-0.39, 0.29) is 11.9 Å². The predicted octanol–water partition coefficient (Wildman–Crippen LogP) is 4.34. The molecule has 0 atom stereocenters. The summed E-state index contributed by atoms with van der Waals surface area (Å²) in [6, 6.07) is 3.43. The normalized spacial score (nSPS) is 15.7. The van der Waals surface area contributed by atoms with E-state index in [1.807, 2.05) is 0 Å². The Morgan fingerprint density at radius 2 is 2.00 bits per heavy atom. The van der Waals surface area contributed by atoms with E-state index >= 15 is 0 Å². The van der Waals surface area contributed by atoms with Gasteiger partial charge in [0.05, 0.1) is 4.90 Å². The van der Waals surface area contributed by atoms with Crippen molar-refractivity contribution in [1.82, 2.24) is 4.31 Å². The highest BCUT2D eigenvalue weighted by Crippen LogP contribution is 2.35. The number of benzene rings is 1. The molecule has 0 amide bonds. The quantitative estimate of drug-likeness (QED) is 0.686. The van der Waals surface area contributed by atoms with Crippen molar-refractivity contribution in [3.63, 3.8) is 0 Å². The zero-order chi connectivity index (χ0) is 15.6. The lowest BCUT2D eigenvalue weighted by atomic mass is 10.1. The van der Waals surface area contributed by atoms with Gasteiger partial charge in [0.25, 0.3) is 0 Å². The van der Waals surface area contributed by atoms with E-state index in [1.165, 1.54) is 0 Å². The maximum Gasteiger partial charge on any atom is 0.243 e. The molecule has 0 heterocycles. The summed E-state index contributed by atoms with van der Waals surface area (Å²) in [6.45, 7) is 4.44. The molecule has 0 spiro atoms. The van der Waals surface area contributed by atoms with Gasteiger partial charge in [-0.1, -0.05) is 24.9 Å². The van der Waals surface area contributed by atoms with Crippen molar-refractivity contribution in [3.05, 3.63) is 28.3 Å². The third-order valence-electron chi connectivity index (χ3n) is 3.85. The molecule has 0 unspecified atom stereocenters. The fourth-order valence-electron chi connectivity index (χ4n) is 2.42. The number of sulfonamides is 1. The fraction of sp³-hybridized carbons (Fsp3) is 0.600. The van der Waals surface area contributed by atoms with Crippen molar-refractivity contribution in [2.75, 3.05) is 6.54 Å². The van der Waals surface area contributed by atoms with Crippen LogP contribution < -0.4 is 0 Å². The molecular weight excluding hydrogens is 329 g/mol. The van der Waals surface area contributed by atoms with Gasteiger partial charge in [-0.3, -0.25) is 0 Å². The van der Waals surface area contributed by atoms with Crippen LogP contribution in [0.4, 0.5) is 0 Å². The van der Waals surface area contributed by atoms with Gasteiger partial charge in [-0.15, -0.1) is 11.6 Å². The molecule has 3 nitrogen and oxygen atoms in total. The first-order valence-electron chi connectivity index (χ1n) is 7.28. The van der Waals surface area contributed by atoms with Crippen LogP contribution in [0.5, 0.6) is 0 Å². The van der Waals surface area contributed by atoms with E-state index in [9.17, 15) is 8.42 Å². The number of rotatable bonds is 7. The average Bonchev–Trinajstić information content (AvgIpc) is 3.25. The third kappa shape index (κ3) is 3.73. The predicted molar refractivity (Wildman–Crippen MR) is 87.6 cm³/mol. The van der Waals surface area contributed by atoms with Crippen molar-refractivity contribution in [2.45, 2.75) is 56.3 Å². The number of hydrogen-bond acceptors (Lipinski definition) is 2. The molecule has 2 rings (SSSR count). The maximum absolute atomic E-state index is 13.0. The zero-order valence-corrected chi connectivity index (χ0v) is 14.7. The average molecular weight is 350 g/mol. The second-order valence-corrected chi connectivity index (χ2v) is 8.08. The molecular formula is C15H21Cl2NO2S. The molecule has 1 fully saturated rings. The van der Waals surface area contributed by atoms with Crippen molar-refractivity contribution in [2.24, 2.45) is 0 Å². The largest absolute Gasteiger partial charge is 0.243 e. The van der Waals surface area contributed by atoms with Crippen molar-refractivity contribution < 1.29 is 8.42 Å². The minimum absolute atomic E-state index is 0.152. The van der Waals surface area contributed by atoms with Crippen molar-refractivity contribution in [1.29, 1.82) is 0 Å². The molecule has 0 saturated heterocycles. The Morgan fingerprint density at radius 3 is 2.52 bits per heavy atom. The Morgan fingerprint density at radius 1 is 1.33 bits per heavy atom. The monoisotopic (exact) mass is 349 g/mol. The summed E-state index contributed by atoms with van der Waals surface area (Å²) in [5, 5.41) is 0.418. The summed E-state index contributed by atoms with van der Waals surface area (Å²) in [4.78, 5) is 0.300. The van der Waals surface area contributed by atoms with Crippen LogP contribution in [0.1, 0.15) is 43.7 Å². The molecule has 0 aliphatic heterocycles. The Labute approximate surface area is 137 Å². The van der Waals surface area contributed by atoms with Gasteiger partial charge in [-0.25, -0.2) is 8.42 Å². The molecule has 1 aliphatic carbocycles. The smallest absolute Gasteiger partial charge is 0.207 e. The highest BCUT2D eigenvalue weighted by atomic mass is 35.5. The first kappa shape index (κ1) is 17.1. The van der Waals surface area contributed by atoms with E-state index in [0.717, 1.165) is 31.2 Å². The van der Waals surface area contributed by atoms with Crippen molar-refractivity contribution in [3.8, 4) is 0 Å². The van der Waals surface area contributed by atoms with E-state index < -0.39 is 10.0 Å². The zero-order valence-electron chi connectivity index (χ0n) is 12.4. The molecule has 1 saturated carbocycles. The number of nitrogens with zero attached hydrogens (tertiary/aromatic N) is 1. The summed E-state index contributed by atoms with van der Waals surface area (Å²) in [5.74, 6) is 0.257. The number of unbranched alkanes of at least 4 members (excludes halogenated alkanes) is 1. The molecule has 0 aromatic heterocycles. The van der Waals surface area contributed by atoms with E-state index in [0.29, 0.717) is 22.0 Å². The molecule has 0 bridgehead atoms. The minimum Gasteiger partial charge on any atom is -0.207 e. The SMILES string of the molecule is CCCCN(C1CC1)S(=O)(=O)c1cc(Cl)cc(CCl)c1C. The van der Waals surface area contributed by atoms with E-state index in [2.05, 4.69) is 6.92 Å². The Balaban J connectivity index is 2.44. The molecule has 1 aromatic carbocycles. The molecule has 21 heavy (non-hydrogen) atoms. The van der Waals surface area contributed by atoms with Gasteiger partial charge < -0.3 is 0 Å². The summed E-state index contributed by atoms with van der Waals surface area (Å²) in [5.41, 5.74) is 1.48. The molecule has 0 radical (unpaired) electrons. The van der Waals surface area contributed by atoms with E-state index in [1.54, 1.807) is 23.4 Å². The number of hydrogen-bond donors (Lipinski definition) is 0. The summed E-state index contributed by atoms with van der Waals surface area (Å²) >= 11 is 12.0. The summed E-state index contributed by atoms with van der Waals surface area (Å²) < 4.78 is 27.6. The maximum atomic E-state index is 13.0. The highest BCUT2D eigenvalue weighted by molar-refractivity contribution is 7.89. The topological polar surface area (TPSA) is 37.4 Å². The first-order chi connectivity index (χ1) is 9.91. The van der Waals surface area contributed by atoms with Gasteiger partial charge in [0.2, 0.25) is 10.0 Å². The molecule has 118 valence electrons. The van der Waals surface area contributed by atoms with Crippen LogP contribution in [0.25, 0.3) is 0 Å². The van der Waals surface area contributed by atoms with E-state index in [4.69, 9.17) is 23.2 Å².